The zero-order valence-electron chi connectivity index (χ0n) is 8.07. The first-order chi connectivity index (χ1) is 7.09. The molecule has 2 aromatic rings. The molecule has 1 aromatic carbocycles. The molecule has 0 saturated heterocycles. The quantitative estimate of drug-likeness (QED) is 0.847. The minimum Gasteiger partial charge on any atom is -0.481 e. The lowest BCUT2D eigenvalue weighted by molar-refractivity contribution is -0.136. The Morgan fingerprint density at radius 1 is 1.60 bits per heavy atom. The number of benzene rings is 1. The molecule has 0 spiro atoms. The van der Waals surface area contributed by atoms with Crippen LogP contribution in [-0.2, 0) is 18.3 Å². The molecule has 1 N–H and O–H groups in total. The number of rotatable bonds is 2. The molecule has 0 atom stereocenters. The number of hydrogen-bond acceptors (Lipinski definition) is 2. The average molecular weight is 225 g/mol. The number of fused-ring (bicyclic) bond motifs is 1. The number of carboxylic acid groups (broad SMARTS) is 1. The fourth-order valence-electron chi connectivity index (χ4n) is 1.62. The summed E-state index contributed by atoms with van der Waals surface area (Å²) in [6.07, 6.45) is -0.110. The molecule has 1 aromatic heterocycles. The number of hydrogen-bond donors (Lipinski definition) is 1. The van der Waals surface area contributed by atoms with Crippen LogP contribution in [0.25, 0.3) is 10.9 Å². The van der Waals surface area contributed by atoms with Gasteiger partial charge in [0.2, 0.25) is 0 Å². The van der Waals surface area contributed by atoms with Crippen molar-refractivity contribution in [3.05, 3.63) is 28.9 Å². The van der Waals surface area contributed by atoms with Crippen LogP contribution < -0.4 is 0 Å². The summed E-state index contributed by atoms with van der Waals surface area (Å²) in [7, 11) is 1.77. The minimum atomic E-state index is -0.907. The summed E-state index contributed by atoms with van der Waals surface area (Å²) in [5, 5.41) is 14.1. The molecule has 78 valence electrons. The van der Waals surface area contributed by atoms with Gasteiger partial charge in [0, 0.05) is 12.4 Å². The lowest BCUT2D eigenvalue weighted by atomic mass is 10.1. The first kappa shape index (κ1) is 9.98. The Hall–Kier alpha value is -1.55. The number of carbonyl (C=O) groups is 1. The van der Waals surface area contributed by atoms with E-state index >= 15 is 0 Å². The molecule has 0 aliphatic carbocycles. The van der Waals surface area contributed by atoms with Gasteiger partial charge in [0.15, 0.2) is 0 Å². The van der Waals surface area contributed by atoms with E-state index in [1.165, 1.54) is 0 Å². The Kier molecular flexibility index (Phi) is 2.36. The zero-order valence-corrected chi connectivity index (χ0v) is 8.82. The summed E-state index contributed by atoms with van der Waals surface area (Å²) in [5.74, 6) is -0.907. The molecule has 0 amide bonds. The van der Waals surface area contributed by atoms with Crippen LogP contribution in [0.1, 0.15) is 5.69 Å². The second-order valence-electron chi connectivity index (χ2n) is 3.27. The van der Waals surface area contributed by atoms with Crippen molar-refractivity contribution in [3.63, 3.8) is 0 Å². The highest BCUT2D eigenvalue weighted by molar-refractivity contribution is 6.35. The number of halogens is 1. The van der Waals surface area contributed by atoms with E-state index in [1.54, 1.807) is 17.8 Å². The van der Waals surface area contributed by atoms with E-state index < -0.39 is 5.97 Å². The molecule has 5 heteroatoms. The molecule has 2 rings (SSSR count). The second-order valence-corrected chi connectivity index (χ2v) is 3.68. The van der Waals surface area contributed by atoms with Gasteiger partial charge in [0.05, 0.1) is 22.7 Å². The largest absolute Gasteiger partial charge is 0.481 e. The van der Waals surface area contributed by atoms with Crippen molar-refractivity contribution in [2.24, 2.45) is 7.05 Å². The van der Waals surface area contributed by atoms with Crippen LogP contribution in [0.5, 0.6) is 0 Å². The van der Waals surface area contributed by atoms with Crippen LogP contribution >= 0.6 is 11.6 Å². The smallest absolute Gasteiger partial charge is 0.309 e. The maximum atomic E-state index is 10.6. The number of aromatic nitrogens is 2. The molecule has 0 saturated carbocycles. The maximum Gasteiger partial charge on any atom is 0.309 e. The summed E-state index contributed by atoms with van der Waals surface area (Å²) in [5.41, 5.74) is 1.35. The predicted molar refractivity (Wildman–Crippen MR) is 57.1 cm³/mol. The van der Waals surface area contributed by atoms with Gasteiger partial charge in [-0.2, -0.15) is 5.10 Å². The summed E-state index contributed by atoms with van der Waals surface area (Å²) >= 11 is 6.01. The van der Waals surface area contributed by atoms with Gasteiger partial charge >= 0.3 is 5.97 Å². The van der Waals surface area contributed by atoms with Gasteiger partial charge in [-0.1, -0.05) is 17.7 Å². The Labute approximate surface area is 91.1 Å². The highest BCUT2D eigenvalue weighted by Crippen LogP contribution is 2.26. The minimum absolute atomic E-state index is 0.110. The Bertz CT molecular complexity index is 533. The van der Waals surface area contributed by atoms with E-state index in [1.807, 2.05) is 12.1 Å². The molecule has 15 heavy (non-hydrogen) atoms. The van der Waals surface area contributed by atoms with Crippen molar-refractivity contribution in [1.29, 1.82) is 0 Å². The van der Waals surface area contributed by atoms with Gasteiger partial charge in [0.1, 0.15) is 0 Å². The SMILES string of the molecule is Cn1nc(CC(=O)O)c2c(Cl)cccc21. The fraction of sp³-hybridized carbons (Fsp3) is 0.200. The third kappa shape index (κ3) is 1.68. The molecule has 0 radical (unpaired) electrons. The van der Waals surface area contributed by atoms with Crippen LogP contribution in [0, 0.1) is 0 Å². The summed E-state index contributed by atoms with van der Waals surface area (Å²) in [6.45, 7) is 0. The van der Waals surface area contributed by atoms with Crippen molar-refractivity contribution in [2.45, 2.75) is 6.42 Å². The molecule has 0 bridgehead atoms. The third-order valence-corrected chi connectivity index (χ3v) is 2.53. The predicted octanol–water partition coefficient (Wildman–Crippen LogP) is 1.85. The van der Waals surface area contributed by atoms with Crippen LogP contribution in [0.3, 0.4) is 0 Å². The van der Waals surface area contributed by atoms with Crippen LogP contribution in [0.15, 0.2) is 18.2 Å². The molecule has 0 fully saturated rings. The molecular weight excluding hydrogens is 216 g/mol. The number of carboxylic acids is 1. The number of aliphatic carboxylic acids is 1. The first-order valence-corrected chi connectivity index (χ1v) is 4.79. The summed E-state index contributed by atoms with van der Waals surface area (Å²) < 4.78 is 1.64. The van der Waals surface area contributed by atoms with E-state index in [0.717, 1.165) is 10.9 Å². The topological polar surface area (TPSA) is 55.1 Å². The molecule has 1 heterocycles. The van der Waals surface area contributed by atoms with Crippen LogP contribution in [0.2, 0.25) is 5.02 Å². The Morgan fingerprint density at radius 3 is 3.00 bits per heavy atom. The van der Waals surface area contributed by atoms with Crippen LogP contribution in [0.4, 0.5) is 0 Å². The van der Waals surface area contributed by atoms with Crippen molar-refractivity contribution >= 4 is 28.5 Å². The normalized spacial score (nSPS) is 10.8. The Balaban J connectivity index is 2.70. The fourth-order valence-corrected chi connectivity index (χ4v) is 1.90. The number of nitrogens with zero attached hydrogens (tertiary/aromatic N) is 2. The van der Waals surface area contributed by atoms with Gasteiger partial charge in [-0.25, -0.2) is 0 Å². The molecule has 0 aliphatic heterocycles. The third-order valence-electron chi connectivity index (χ3n) is 2.22. The van der Waals surface area contributed by atoms with Crippen molar-refractivity contribution < 1.29 is 9.90 Å². The van der Waals surface area contributed by atoms with E-state index in [2.05, 4.69) is 5.10 Å². The average Bonchev–Trinajstić information content (AvgIpc) is 2.44. The first-order valence-electron chi connectivity index (χ1n) is 4.41. The van der Waals surface area contributed by atoms with Gasteiger partial charge in [-0.3, -0.25) is 9.48 Å². The standard InChI is InChI=1S/C10H9ClN2O2/c1-13-8-4-2-3-6(11)10(8)7(12-13)5-9(14)15/h2-4H,5H2,1H3,(H,14,15). The molecule has 0 unspecified atom stereocenters. The van der Waals surface area contributed by atoms with Gasteiger partial charge in [0.25, 0.3) is 0 Å². The number of aryl methyl sites for hydroxylation is 1. The zero-order chi connectivity index (χ0) is 11.0. The maximum absolute atomic E-state index is 10.6. The summed E-state index contributed by atoms with van der Waals surface area (Å²) in [6, 6.07) is 5.41. The molecular formula is C10H9ClN2O2. The van der Waals surface area contributed by atoms with Crippen LogP contribution in [-0.4, -0.2) is 20.9 Å². The second kappa shape index (κ2) is 3.55. The molecule has 0 aliphatic rings. The van der Waals surface area contributed by atoms with Crippen molar-refractivity contribution in [1.82, 2.24) is 9.78 Å². The van der Waals surface area contributed by atoms with Crippen molar-refractivity contribution in [2.75, 3.05) is 0 Å². The molecule has 4 nitrogen and oxygen atoms in total. The van der Waals surface area contributed by atoms with E-state index in [-0.39, 0.29) is 6.42 Å². The lowest BCUT2D eigenvalue weighted by Gasteiger charge is -1.95. The van der Waals surface area contributed by atoms with Crippen molar-refractivity contribution in [3.8, 4) is 0 Å². The Morgan fingerprint density at radius 2 is 2.33 bits per heavy atom. The highest BCUT2D eigenvalue weighted by atomic mass is 35.5. The lowest BCUT2D eigenvalue weighted by Crippen LogP contribution is -2.01. The van der Waals surface area contributed by atoms with Gasteiger partial charge in [-0.05, 0) is 12.1 Å². The highest BCUT2D eigenvalue weighted by Gasteiger charge is 2.13. The van der Waals surface area contributed by atoms with E-state index in [0.29, 0.717) is 10.7 Å². The van der Waals surface area contributed by atoms with Gasteiger partial charge in [-0.15, -0.1) is 0 Å². The summed E-state index contributed by atoms with van der Waals surface area (Å²) in [4.78, 5) is 10.6. The van der Waals surface area contributed by atoms with Gasteiger partial charge < -0.3 is 5.11 Å². The van der Waals surface area contributed by atoms with E-state index in [4.69, 9.17) is 16.7 Å². The monoisotopic (exact) mass is 224 g/mol. The van der Waals surface area contributed by atoms with E-state index in [9.17, 15) is 4.79 Å².